The first-order valence-electron chi connectivity index (χ1n) is 7.13. The van der Waals surface area contributed by atoms with Crippen molar-refractivity contribution in [2.75, 3.05) is 7.11 Å². The van der Waals surface area contributed by atoms with E-state index in [0.29, 0.717) is 26.0 Å². The summed E-state index contributed by atoms with van der Waals surface area (Å²) in [6, 6.07) is 7.78. The highest BCUT2D eigenvalue weighted by Crippen LogP contribution is 2.44. The van der Waals surface area contributed by atoms with Crippen LogP contribution in [0, 0.1) is 5.41 Å². The fraction of sp³-hybridized carbons (Fsp3) is 0.500. The van der Waals surface area contributed by atoms with E-state index < -0.39 is 11.4 Å². The number of amides is 1. The van der Waals surface area contributed by atoms with E-state index in [0.717, 1.165) is 17.5 Å². The summed E-state index contributed by atoms with van der Waals surface area (Å²) >= 11 is 0. The molecular formula is C16H21NO4. The number of nitrogens with one attached hydrogen (secondary N) is 1. The largest absolute Gasteiger partial charge is 0.481 e. The van der Waals surface area contributed by atoms with Crippen molar-refractivity contribution in [3.63, 3.8) is 0 Å². The fourth-order valence-corrected chi connectivity index (χ4v) is 2.64. The normalized spacial score (nSPS) is 16.0. The molecule has 0 bridgehead atoms. The van der Waals surface area contributed by atoms with E-state index in [2.05, 4.69) is 5.32 Å². The lowest BCUT2D eigenvalue weighted by Gasteiger charge is -2.36. The summed E-state index contributed by atoms with van der Waals surface area (Å²) in [5.74, 6) is -1.06. The van der Waals surface area contributed by atoms with Gasteiger partial charge in [-0.2, -0.15) is 0 Å². The molecule has 0 heterocycles. The molecule has 114 valence electrons. The van der Waals surface area contributed by atoms with Gasteiger partial charge in [0.25, 0.3) is 0 Å². The van der Waals surface area contributed by atoms with Gasteiger partial charge < -0.3 is 15.2 Å². The third-order valence-electron chi connectivity index (χ3n) is 4.06. The minimum atomic E-state index is -0.856. The second-order valence-corrected chi connectivity index (χ2v) is 5.65. The standard InChI is InChI=1S/C16H21NO4/c1-21-11-13-5-2-4-12(8-13)10-17-14(18)9-16(15(19)20)6-3-7-16/h2,4-5,8H,3,6-7,9-11H2,1H3,(H,17,18)(H,19,20). The number of carboxylic acid groups (broad SMARTS) is 1. The average molecular weight is 291 g/mol. The van der Waals surface area contributed by atoms with E-state index in [4.69, 9.17) is 4.74 Å². The summed E-state index contributed by atoms with van der Waals surface area (Å²) in [5.41, 5.74) is 1.20. The third-order valence-corrected chi connectivity index (χ3v) is 4.06. The summed E-state index contributed by atoms with van der Waals surface area (Å²) < 4.78 is 5.07. The molecule has 1 aliphatic carbocycles. The van der Waals surface area contributed by atoms with E-state index in [-0.39, 0.29) is 12.3 Å². The topological polar surface area (TPSA) is 75.6 Å². The fourth-order valence-electron chi connectivity index (χ4n) is 2.64. The van der Waals surface area contributed by atoms with Gasteiger partial charge >= 0.3 is 5.97 Å². The molecule has 1 aromatic rings. The molecule has 0 radical (unpaired) electrons. The number of carboxylic acids is 1. The molecule has 1 saturated carbocycles. The Morgan fingerprint density at radius 2 is 2.05 bits per heavy atom. The van der Waals surface area contributed by atoms with Crippen LogP contribution in [0.25, 0.3) is 0 Å². The number of benzene rings is 1. The van der Waals surface area contributed by atoms with Crippen molar-refractivity contribution in [3.05, 3.63) is 35.4 Å². The highest BCUT2D eigenvalue weighted by Gasteiger charge is 2.45. The second-order valence-electron chi connectivity index (χ2n) is 5.65. The molecule has 0 aliphatic heterocycles. The van der Waals surface area contributed by atoms with Crippen LogP contribution in [0.3, 0.4) is 0 Å². The van der Waals surface area contributed by atoms with E-state index in [1.165, 1.54) is 0 Å². The summed E-state index contributed by atoms with van der Waals surface area (Å²) in [5, 5.41) is 12.0. The van der Waals surface area contributed by atoms with E-state index in [1.807, 2.05) is 24.3 Å². The van der Waals surface area contributed by atoms with Crippen LogP contribution in [0.1, 0.15) is 36.8 Å². The first kappa shape index (κ1) is 15.5. The smallest absolute Gasteiger partial charge is 0.310 e. The maximum absolute atomic E-state index is 11.9. The van der Waals surface area contributed by atoms with Crippen LogP contribution in [0.15, 0.2) is 24.3 Å². The van der Waals surface area contributed by atoms with Gasteiger partial charge in [-0.05, 0) is 24.0 Å². The van der Waals surface area contributed by atoms with Gasteiger partial charge in [0.05, 0.1) is 12.0 Å². The molecule has 21 heavy (non-hydrogen) atoms. The number of hydrogen-bond donors (Lipinski definition) is 2. The van der Waals surface area contributed by atoms with E-state index in [1.54, 1.807) is 7.11 Å². The van der Waals surface area contributed by atoms with Crippen molar-refractivity contribution in [1.82, 2.24) is 5.32 Å². The van der Waals surface area contributed by atoms with Crippen LogP contribution < -0.4 is 5.32 Å². The molecule has 5 heteroatoms. The molecule has 5 nitrogen and oxygen atoms in total. The van der Waals surface area contributed by atoms with Crippen molar-refractivity contribution < 1.29 is 19.4 Å². The van der Waals surface area contributed by atoms with Crippen LogP contribution in [0.5, 0.6) is 0 Å². The molecule has 1 fully saturated rings. The number of ether oxygens (including phenoxy) is 1. The minimum absolute atomic E-state index is 0.0695. The summed E-state index contributed by atoms with van der Waals surface area (Å²) in [6.07, 6.45) is 2.15. The van der Waals surface area contributed by atoms with Crippen LogP contribution in [-0.2, 0) is 27.5 Å². The number of carbonyl (C=O) groups excluding carboxylic acids is 1. The Balaban J connectivity index is 1.86. The number of hydrogen-bond acceptors (Lipinski definition) is 3. The first-order chi connectivity index (χ1) is 10.1. The van der Waals surface area contributed by atoms with Crippen LogP contribution in [-0.4, -0.2) is 24.1 Å². The highest BCUT2D eigenvalue weighted by atomic mass is 16.5. The molecular weight excluding hydrogens is 270 g/mol. The second kappa shape index (κ2) is 6.72. The van der Waals surface area contributed by atoms with Gasteiger partial charge in [0.1, 0.15) is 0 Å². The summed E-state index contributed by atoms with van der Waals surface area (Å²) in [7, 11) is 1.64. The van der Waals surface area contributed by atoms with Crippen LogP contribution >= 0.6 is 0 Å². The van der Waals surface area contributed by atoms with Crippen molar-refractivity contribution in [2.24, 2.45) is 5.41 Å². The van der Waals surface area contributed by atoms with Gasteiger partial charge in [-0.1, -0.05) is 30.7 Å². The zero-order chi connectivity index (χ0) is 15.3. The predicted octanol–water partition coefficient (Wildman–Crippen LogP) is 2.09. The molecule has 0 atom stereocenters. The number of aliphatic carboxylic acids is 1. The molecule has 1 aliphatic rings. The molecule has 0 unspecified atom stereocenters. The predicted molar refractivity (Wildman–Crippen MR) is 77.5 cm³/mol. The molecule has 0 spiro atoms. The molecule has 1 aromatic carbocycles. The Hall–Kier alpha value is -1.88. The van der Waals surface area contributed by atoms with Gasteiger partial charge in [0.15, 0.2) is 0 Å². The van der Waals surface area contributed by atoms with Gasteiger partial charge in [0.2, 0.25) is 5.91 Å². The summed E-state index contributed by atoms with van der Waals surface area (Å²) in [4.78, 5) is 23.2. The van der Waals surface area contributed by atoms with Crippen molar-refractivity contribution >= 4 is 11.9 Å². The Morgan fingerprint density at radius 1 is 1.33 bits per heavy atom. The SMILES string of the molecule is COCc1cccc(CNC(=O)CC2(C(=O)O)CCC2)c1. The average Bonchev–Trinajstić information content (AvgIpc) is 2.41. The number of carbonyl (C=O) groups is 2. The molecule has 1 amide bonds. The third kappa shape index (κ3) is 3.82. The Kier molecular flexibility index (Phi) is 4.96. The van der Waals surface area contributed by atoms with Crippen molar-refractivity contribution in [2.45, 2.75) is 38.8 Å². The number of methoxy groups -OCH3 is 1. The summed E-state index contributed by atoms with van der Waals surface area (Å²) in [6.45, 7) is 0.940. The lowest BCUT2D eigenvalue weighted by molar-refractivity contribution is -0.157. The van der Waals surface area contributed by atoms with Crippen LogP contribution in [0.4, 0.5) is 0 Å². The zero-order valence-corrected chi connectivity index (χ0v) is 12.2. The Morgan fingerprint density at radius 3 is 2.62 bits per heavy atom. The lowest BCUT2D eigenvalue weighted by Crippen LogP contribution is -2.42. The van der Waals surface area contributed by atoms with Crippen molar-refractivity contribution in [3.8, 4) is 0 Å². The Bertz CT molecular complexity index is 523. The number of rotatable bonds is 7. The van der Waals surface area contributed by atoms with Gasteiger partial charge in [-0.3, -0.25) is 9.59 Å². The minimum Gasteiger partial charge on any atom is -0.481 e. The van der Waals surface area contributed by atoms with Crippen LogP contribution in [0.2, 0.25) is 0 Å². The van der Waals surface area contributed by atoms with Gasteiger partial charge in [-0.25, -0.2) is 0 Å². The van der Waals surface area contributed by atoms with Crippen molar-refractivity contribution in [1.29, 1.82) is 0 Å². The highest BCUT2D eigenvalue weighted by molar-refractivity contribution is 5.85. The van der Waals surface area contributed by atoms with E-state index >= 15 is 0 Å². The first-order valence-corrected chi connectivity index (χ1v) is 7.13. The quantitative estimate of drug-likeness (QED) is 0.806. The Labute approximate surface area is 124 Å². The van der Waals surface area contributed by atoms with Gasteiger partial charge in [0, 0.05) is 20.1 Å². The monoisotopic (exact) mass is 291 g/mol. The van der Waals surface area contributed by atoms with Gasteiger partial charge in [-0.15, -0.1) is 0 Å². The molecule has 0 aromatic heterocycles. The van der Waals surface area contributed by atoms with E-state index in [9.17, 15) is 14.7 Å². The molecule has 0 saturated heterocycles. The molecule has 2 N–H and O–H groups in total. The molecule has 2 rings (SSSR count). The maximum Gasteiger partial charge on any atom is 0.310 e. The lowest BCUT2D eigenvalue weighted by atomic mass is 9.66. The maximum atomic E-state index is 11.9. The zero-order valence-electron chi connectivity index (χ0n) is 12.2.